The van der Waals surface area contributed by atoms with Gasteiger partial charge < -0.3 is 10.1 Å². The van der Waals surface area contributed by atoms with Crippen LogP contribution in [-0.4, -0.2) is 43.6 Å². The third kappa shape index (κ3) is 4.43. The molecule has 2 aromatic rings. The largest absolute Gasteiger partial charge is 0.371 e. The predicted octanol–water partition coefficient (Wildman–Crippen LogP) is 2.80. The molecule has 0 aromatic heterocycles. The molecule has 3 rings (SSSR count). The normalized spacial score (nSPS) is 18.3. The number of nitrogens with zero attached hydrogens (tertiary/aromatic N) is 1. The van der Waals surface area contributed by atoms with E-state index in [1.54, 1.807) is 0 Å². The number of carbonyl (C=O) groups is 1. The van der Waals surface area contributed by atoms with Crippen LogP contribution in [0.15, 0.2) is 54.6 Å². The number of benzene rings is 2. The third-order valence-corrected chi connectivity index (χ3v) is 4.32. The molecule has 1 aliphatic rings. The average molecular weight is 324 g/mol. The molecule has 4 heteroatoms. The Kier molecular flexibility index (Phi) is 5.62. The molecule has 1 N–H and O–H groups in total. The van der Waals surface area contributed by atoms with Crippen LogP contribution >= 0.6 is 0 Å². The highest BCUT2D eigenvalue weighted by Gasteiger charge is 2.21. The number of morpholine rings is 1. The van der Waals surface area contributed by atoms with Gasteiger partial charge in [0, 0.05) is 31.7 Å². The monoisotopic (exact) mass is 324 g/mol. The molecule has 1 fully saturated rings. The van der Waals surface area contributed by atoms with Crippen molar-refractivity contribution in [3.8, 4) is 0 Å². The van der Waals surface area contributed by atoms with Gasteiger partial charge >= 0.3 is 0 Å². The van der Waals surface area contributed by atoms with Gasteiger partial charge in [0.1, 0.15) is 0 Å². The van der Waals surface area contributed by atoms with E-state index in [1.807, 2.05) is 49.4 Å². The van der Waals surface area contributed by atoms with Crippen LogP contribution in [0.2, 0.25) is 0 Å². The van der Waals surface area contributed by atoms with Crippen molar-refractivity contribution < 1.29 is 9.53 Å². The molecular formula is C20H24N2O2. The minimum Gasteiger partial charge on any atom is -0.371 e. The Hall–Kier alpha value is -2.17. The minimum atomic E-state index is -0.00781. The van der Waals surface area contributed by atoms with Gasteiger partial charge in [0.2, 0.25) is 0 Å². The summed E-state index contributed by atoms with van der Waals surface area (Å²) in [5.74, 6) is -0.00781. The summed E-state index contributed by atoms with van der Waals surface area (Å²) in [6.07, 6.45) is 0.118. The molecule has 1 heterocycles. The van der Waals surface area contributed by atoms with Crippen molar-refractivity contribution in [3.05, 3.63) is 71.3 Å². The van der Waals surface area contributed by atoms with Crippen LogP contribution in [0.1, 0.15) is 27.6 Å². The van der Waals surface area contributed by atoms with Crippen molar-refractivity contribution >= 4 is 5.91 Å². The highest BCUT2D eigenvalue weighted by atomic mass is 16.5. The zero-order valence-electron chi connectivity index (χ0n) is 14.1. The molecule has 0 saturated carbocycles. The molecule has 1 saturated heterocycles. The molecule has 1 aliphatic heterocycles. The minimum absolute atomic E-state index is 0.00781. The van der Waals surface area contributed by atoms with Gasteiger partial charge in [-0.2, -0.15) is 0 Å². The van der Waals surface area contributed by atoms with Crippen molar-refractivity contribution in [2.24, 2.45) is 0 Å². The smallest absolute Gasteiger partial charge is 0.251 e. The molecule has 0 radical (unpaired) electrons. The molecule has 0 unspecified atom stereocenters. The summed E-state index contributed by atoms with van der Waals surface area (Å²) in [5, 5.41) is 3.01. The summed E-state index contributed by atoms with van der Waals surface area (Å²) in [5.41, 5.74) is 3.03. The van der Waals surface area contributed by atoms with E-state index < -0.39 is 0 Å². The standard InChI is InChI=1S/C20H24N2O2/c1-16-6-5-9-18(14-16)20(23)21-10-11-22-12-13-24-19(15-22)17-7-3-2-4-8-17/h2-9,14,19H,10-13,15H2,1H3,(H,21,23)/t19-/m1/s1. The fourth-order valence-electron chi connectivity index (χ4n) is 2.99. The lowest BCUT2D eigenvalue weighted by atomic mass is 10.1. The Labute approximate surface area is 143 Å². The highest BCUT2D eigenvalue weighted by molar-refractivity contribution is 5.94. The Morgan fingerprint density at radius 1 is 1.21 bits per heavy atom. The summed E-state index contributed by atoms with van der Waals surface area (Å²) >= 11 is 0. The number of amides is 1. The van der Waals surface area contributed by atoms with E-state index in [9.17, 15) is 4.79 Å². The summed E-state index contributed by atoms with van der Waals surface area (Å²) in [7, 11) is 0. The molecule has 1 amide bonds. The van der Waals surface area contributed by atoms with E-state index >= 15 is 0 Å². The molecule has 24 heavy (non-hydrogen) atoms. The first kappa shape index (κ1) is 16.7. The predicted molar refractivity (Wildman–Crippen MR) is 95.1 cm³/mol. The van der Waals surface area contributed by atoms with Crippen molar-refractivity contribution in [2.45, 2.75) is 13.0 Å². The van der Waals surface area contributed by atoms with E-state index in [4.69, 9.17) is 4.74 Å². The molecule has 4 nitrogen and oxygen atoms in total. The highest BCUT2D eigenvalue weighted by Crippen LogP contribution is 2.21. The van der Waals surface area contributed by atoms with E-state index in [1.165, 1.54) is 5.56 Å². The maximum absolute atomic E-state index is 12.2. The molecule has 1 atom stereocenters. The van der Waals surface area contributed by atoms with Crippen molar-refractivity contribution in [1.29, 1.82) is 0 Å². The number of nitrogens with one attached hydrogen (secondary N) is 1. The van der Waals surface area contributed by atoms with Gasteiger partial charge in [0.05, 0.1) is 12.7 Å². The van der Waals surface area contributed by atoms with E-state index in [-0.39, 0.29) is 12.0 Å². The lowest BCUT2D eigenvalue weighted by Gasteiger charge is -2.33. The Bertz CT molecular complexity index is 672. The van der Waals surface area contributed by atoms with Crippen LogP contribution in [-0.2, 0) is 4.74 Å². The van der Waals surface area contributed by atoms with Crippen LogP contribution in [0, 0.1) is 6.92 Å². The van der Waals surface area contributed by atoms with Crippen LogP contribution < -0.4 is 5.32 Å². The molecule has 0 bridgehead atoms. The van der Waals surface area contributed by atoms with Crippen molar-refractivity contribution in [1.82, 2.24) is 10.2 Å². The molecule has 0 aliphatic carbocycles. The fraction of sp³-hybridized carbons (Fsp3) is 0.350. The lowest BCUT2D eigenvalue weighted by Crippen LogP contribution is -2.42. The molecule has 2 aromatic carbocycles. The molecule has 126 valence electrons. The summed E-state index contributed by atoms with van der Waals surface area (Å²) in [6.45, 7) is 5.98. The summed E-state index contributed by atoms with van der Waals surface area (Å²) < 4.78 is 5.88. The Morgan fingerprint density at radius 3 is 2.83 bits per heavy atom. The quantitative estimate of drug-likeness (QED) is 0.919. The van der Waals surface area contributed by atoms with E-state index in [0.29, 0.717) is 6.54 Å². The SMILES string of the molecule is Cc1cccc(C(=O)NCCN2CCO[C@@H](c3ccccc3)C2)c1. The number of ether oxygens (including phenoxy) is 1. The lowest BCUT2D eigenvalue weighted by molar-refractivity contribution is -0.0293. The first-order chi connectivity index (χ1) is 11.7. The van der Waals surface area contributed by atoms with Gasteiger partial charge in [0.25, 0.3) is 5.91 Å². The first-order valence-electron chi connectivity index (χ1n) is 8.46. The summed E-state index contributed by atoms with van der Waals surface area (Å²) in [6, 6.07) is 18.0. The number of hydrogen-bond donors (Lipinski definition) is 1. The zero-order chi connectivity index (χ0) is 16.8. The van der Waals surface area contributed by atoms with Gasteiger partial charge in [0.15, 0.2) is 0 Å². The van der Waals surface area contributed by atoms with Crippen molar-refractivity contribution in [2.75, 3.05) is 32.8 Å². The van der Waals surface area contributed by atoms with Gasteiger partial charge in [-0.3, -0.25) is 9.69 Å². The van der Waals surface area contributed by atoms with Gasteiger partial charge in [-0.1, -0.05) is 48.0 Å². The second kappa shape index (κ2) is 8.08. The number of rotatable bonds is 5. The van der Waals surface area contributed by atoms with Gasteiger partial charge in [-0.25, -0.2) is 0 Å². The second-order valence-corrected chi connectivity index (χ2v) is 6.20. The second-order valence-electron chi connectivity index (χ2n) is 6.20. The molecular weight excluding hydrogens is 300 g/mol. The van der Waals surface area contributed by atoms with Crippen molar-refractivity contribution in [3.63, 3.8) is 0 Å². The first-order valence-corrected chi connectivity index (χ1v) is 8.46. The van der Waals surface area contributed by atoms with Gasteiger partial charge in [-0.15, -0.1) is 0 Å². The zero-order valence-corrected chi connectivity index (χ0v) is 14.1. The Balaban J connectivity index is 1.47. The van der Waals surface area contributed by atoms with E-state index in [0.717, 1.165) is 37.4 Å². The number of hydrogen-bond acceptors (Lipinski definition) is 3. The third-order valence-electron chi connectivity index (χ3n) is 4.32. The maximum Gasteiger partial charge on any atom is 0.251 e. The van der Waals surface area contributed by atoms with Crippen LogP contribution in [0.3, 0.4) is 0 Å². The van der Waals surface area contributed by atoms with Gasteiger partial charge in [-0.05, 0) is 24.6 Å². The number of aryl methyl sites for hydroxylation is 1. The van der Waals surface area contributed by atoms with Crippen LogP contribution in [0.5, 0.6) is 0 Å². The van der Waals surface area contributed by atoms with Crippen LogP contribution in [0.4, 0.5) is 0 Å². The van der Waals surface area contributed by atoms with Crippen LogP contribution in [0.25, 0.3) is 0 Å². The van der Waals surface area contributed by atoms with E-state index in [2.05, 4.69) is 22.3 Å². The molecule has 0 spiro atoms. The maximum atomic E-state index is 12.2. The Morgan fingerprint density at radius 2 is 2.04 bits per heavy atom. The fourth-order valence-corrected chi connectivity index (χ4v) is 2.99. The summed E-state index contributed by atoms with van der Waals surface area (Å²) in [4.78, 5) is 14.5. The number of carbonyl (C=O) groups excluding carboxylic acids is 1. The average Bonchev–Trinajstić information content (AvgIpc) is 2.63. The topological polar surface area (TPSA) is 41.6 Å².